The fraction of sp³-hybridized carbons (Fsp3) is 0.438. The molecule has 0 bridgehead atoms. The summed E-state index contributed by atoms with van der Waals surface area (Å²) < 4.78 is 0. The smallest absolute Gasteiger partial charge is 0.244 e. The van der Waals surface area contributed by atoms with Crippen molar-refractivity contribution in [3.8, 4) is 0 Å². The van der Waals surface area contributed by atoms with Gasteiger partial charge in [-0.2, -0.15) is 0 Å². The summed E-state index contributed by atoms with van der Waals surface area (Å²) in [6.07, 6.45) is 1.33. The molecule has 0 aliphatic carbocycles. The van der Waals surface area contributed by atoms with E-state index in [1.807, 2.05) is 13.8 Å². The molecule has 0 saturated carbocycles. The quantitative estimate of drug-likeness (QED) is 0.821. The minimum absolute atomic E-state index is 0.166. The zero-order valence-corrected chi connectivity index (χ0v) is 14.5. The summed E-state index contributed by atoms with van der Waals surface area (Å²) in [6.45, 7) is 3.47. The Labute approximate surface area is 144 Å². The first-order chi connectivity index (χ1) is 10.8. The number of likely N-dealkylation sites (tertiary alicyclic amines) is 1. The molecule has 2 rings (SSSR count). The largest absolute Gasteiger partial charge is 0.324 e. The Bertz CT molecular complexity index is 657. The van der Waals surface area contributed by atoms with E-state index in [1.165, 1.54) is 6.07 Å². The third-order valence-electron chi connectivity index (χ3n) is 4.35. The number of nitrogens with one attached hydrogen (secondary N) is 1. The van der Waals surface area contributed by atoms with Gasteiger partial charge in [0.05, 0.1) is 15.5 Å². The van der Waals surface area contributed by atoms with Crippen molar-refractivity contribution < 1.29 is 14.4 Å². The summed E-state index contributed by atoms with van der Waals surface area (Å²) in [5.41, 5.74) is -0.207. The number of nitrogens with zero attached hydrogens (tertiary/aromatic N) is 1. The van der Waals surface area contributed by atoms with E-state index in [0.717, 1.165) is 4.90 Å². The van der Waals surface area contributed by atoms with Gasteiger partial charge in [0.15, 0.2) is 0 Å². The van der Waals surface area contributed by atoms with E-state index in [4.69, 9.17) is 23.2 Å². The van der Waals surface area contributed by atoms with Gasteiger partial charge in [-0.25, -0.2) is 0 Å². The Morgan fingerprint density at radius 1 is 1.22 bits per heavy atom. The molecule has 0 atom stereocenters. The number of imide groups is 1. The summed E-state index contributed by atoms with van der Waals surface area (Å²) in [7, 11) is 0. The lowest BCUT2D eigenvalue weighted by atomic mass is 9.81. The number of carbonyl (C=O) groups excluding carboxylic acids is 3. The Kier molecular flexibility index (Phi) is 5.32. The van der Waals surface area contributed by atoms with Crippen LogP contribution in [0.5, 0.6) is 0 Å². The van der Waals surface area contributed by atoms with E-state index < -0.39 is 11.3 Å². The van der Waals surface area contributed by atoms with Gasteiger partial charge >= 0.3 is 0 Å². The molecule has 1 aromatic rings. The van der Waals surface area contributed by atoms with Crippen LogP contribution < -0.4 is 5.32 Å². The Morgan fingerprint density at radius 3 is 2.39 bits per heavy atom. The van der Waals surface area contributed by atoms with Gasteiger partial charge in [-0.3, -0.25) is 19.3 Å². The van der Waals surface area contributed by atoms with Crippen LogP contribution in [-0.4, -0.2) is 29.2 Å². The molecule has 0 spiro atoms. The second-order valence-corrected chi connectivity index (χ2v) is 6.44. The molecular formula is C16H18Cl2N2O3. The average molecular weight is 357 g/mol. The maximum Gasteiger partial charge on any atom is 0.244 e. The van der Waals surface area contributed by atoms with Crippen molar-refractivity contribution in [2.45, 2.75) is 33.1 Å². The lowest BCUT2D eigenvalue weighted by molar-refractivity contribution is -0.144. The summed E-state index contributed by atoms with van der Waals surface area (Å²) in [6, 6.07) is 4.67. The van der Waals surface area contributed by atoms with Gasteiger partial charge in [0, 0.05) is 12.1 Å². The highest BCUT2D eigenvalue weighted by atomic mass is 35.5. The number of amides is 3. The number of anilines is 1. The Hall–Kier alpha value is -1.59. The predicted molar refractivity (Wildman–Crippen MR) is 89.4 cm³/mol. The van der Waals surface area contributed by atoms with Crippen molar-refractivity contribution in [3.63, 3.8) is 0 Å². The minimum Gasteiger partial charge on any atom is -0.324 e. The lowest BCUT2D eigenvalue weighted by Gasteiger charge is -2.23. The third-order valence-corrected chi connectivity index (χ3v) is 5.09. The summed E-state index contributed by atoms with van der Waals surface area (Å²) in [5.74, 6) is -1.02. The SMILES string of the molecule is CCC1(CC)CC(=O)N(CC(=O)Nc2ccc(Cl)c(Cl)c2)C1=O. The number of halogens is 2. The topological polar surface area (TPSA) is 66.5 Å². The number of hydrogen-bond acceptors (Lipinski definition) is 3. The molecule has 5 nitrogen and oxygen atoms in total. The molecule has 3 amide bonds. The van der Waals surface area contributed by atoms with Crippen molar-refractivity contribution in [1.82, 2.24) is 4.90 Å². The second kappa shape index (κ2) is 6.89. The van der Waals surface area contributed by atoms with Crippen LogP contribution in [0, 0.1) is 5.41 Å². The van der Waals surface area contributed by atoms with Gasteiger partial charge in [0.1, 0.15) is 6.54 Å². The molecule has 7 heteroatoms. The predicted octanol–water partition coefficient (Wildman–Crippen LogP) is 3.50. The van der Waals surface area contributed by atoms with Gasteiger partial charge < -0.3 is 5.32 Å². The molecule has 0 aromatic heterocycles. The van der Waals surface area contributed by atoms with Crippen molar-refractivity contribution in [2.75, 3.05) is 11.9 Å². The maximum atomic E-state index is 12.5. The van der Waals surface area contributed by atoms with Gasteiger partial charge in [0.2, 0.25) is 17.7 Å². The fourth-order valence-electron chi connectivity index (χ4n) is 2.74. The molecule has 1 saturated heterocycles. The molecule has 0 radical (unpaired) electrons. The summed E-state index contributed by atoms with van der Waals surface area (Å²) >= 11 is 11.7. The van der Waals surface area contributed by atoms with Crippen LogP contribution in [0.25, 0.3) is 0 Å². The first-order valence-electron chi connectivity index (χ1n) is 7.42. The van der Waals surface area contributed by atoms with Crippen molar-refractivity contribution >= 4 is 46.6 Å². The van der Waals surface area contributed by atoms with Crippen molar-refractivity contribution in [3.05, 3.63) is 28.2 Å². The molecule has 1 N–H and O–H groups in total. The zero-order valence-electron chi connectivity index (χ0n) is 13.0. The molecule has 1 aliphatic heterocycles. The molecule has 0 unspecified atom stereocenters. The van der Waals surface area contributed by atoms with Gasteiger partial charge in [-0.1, -0.05) is 37.0 Å². The summed E-state index contributed by atoms with van der Waals surface area (Å²) in [4.78, 5) is 37.7. The Morgan fingerprint density at radius 2 is 1.87 bits per heavy atom. The van der Waals surface area contributed by atoms with Crippen LogP contribution in [0.4, 0.5) is 5.69 Å². The highest BCUT2D eigenvalue weighted by molar-refractivity contribution is 6.42. The number of rotatable bonds is 5. The maximum absolute atomic E-state index is 12.5. The third kappa shape index (κ3) is 3.51. The molecule has 23 heavy (non-hydrogen) atoms. The second-order valence-electron chi connectivity index (χ2n) is 5.63. The van der Waals surface area contributed by atoms with Crippen LogP contribution >= 0.6 is 23.2 Å². The minimum atomic E-state index is -0.666. The van der Waals surface area contributed by atoms with Crippen LogP contribution in [0.3, 0.4) is 0 Å². The Balaban J connectivity index is 2.06. The highest BCUT2D eigenvalue weighted by Crippen LogP contribution is 2.39. The molecule has 1 fully saturated rings. The van der Waals surface area contributed by atoms with Crippen LogP contribution in [0.1, 0.15) is 33.1 Å². The summed E-state index contributed by atoms with van der Waals surface area (Å²) in [5, 5.41) is 3.31. The van der Waals surface area contributed by atoms with E-state index in [9.17, 15) is 14.4 Å². The molecule has 1 heterocycles. The fourth-order valence-corrected chi connectivity index (χ4v) is 3.04. The van der Waals surface area contributed by atoms with E-state index in [2.05, 4.69) is 5.32 Å². The average Bonchev–Trinajstić information content (AvgIpc) is 2.75. The van der Waals surface area contributed by atoms with E-state index in [1.54, 1.807) is 12.1 Å². The molecule has 1 aromatic carbocycles. The van der Waals surface area contributed by atoms with Crippen LogP contribution in [-0.2, 0) is 14.4 Å². The molecule has 124 valence electrons. The standard InChI is InChI=1S/C16H18Cl2N2O3/c1-3-16(4-2)8-14(22)20(15(16)23)9-13(21)19-10-5-6-11(17)12(18)7-10/h5-7H,3-4,8-9H2,1-2H3,(H,19,21). The number of benzene rings is 1. The number of carbonyl (C=O) groups is 3. The molecular weight excluding hydrogens is 339 g/mol. The van der Waals surface area contributed by atoms with E-state index >= 15 is 0 Å². The normalized spacial score (nSPS) is 16.8. The lowest BCUT2D eigenvalue weighted by Crippen LogP contribution is -2.40. The van der Waals surface area contributed by atoms with E-state index in [-0.39, 0.29) is 24.8 Å². The first-order valence-corrected chi connectivity index (χ1v) is 8.18. The molecule has 1 aliphatic rings. The van der Waals surface area contributed by atoms with Gasteiger partial charge in [-0.15, -0.1) is 0 Å². The first kappa shape index (κ1) is 17.8. The van der Waals surface area contributed by atoms with Crippen LogP contribution in [0.15, 0.2) is 18.2 Å². The van der Waals surface area contributed by atoms with Gasteiger partial charge in [-0.05, 0) is 31.0 Å². The highest BCUT2D eigenvalue weighted by Gasteiger charge is 2.49. The zero-order chi connectivity index (χ0) is 17.2. The number of hydrogen-bond donors (Lipinski definition) is 1. The van der Waals surface area contributed by atoms with Crippen molar-refractivity contribution in [2.24, 2.45) is 5.41 Å². The monoisotopic (exact) mass is 356 g/mol. The van der Waals surface area contributed by atoms with Crippen LogP contribution in [0.2, 0.25) is 10.0 Å². The van der Waals surface area contributed by atoms with Gasteiger partial charge in [0.25, 0.3) is 0 Å². The van der Waals surface area contributed by atoms with E-state index in [0.29, 0.717) is 28.6 Å². The van der Waals surface area contributed by atoms with Crippen molar-refractivity contribution in [1.29, 1.82) is 0 Å².